The molecule has 0 saturated carbocycles. The quantitative estimate of drug-likeness (QED) is 0.587. The fourth-order valence-electron chi connectivity index (χ4n) is 2.26. The first-order valence-electron chi connectivity index (χ1n) is 7.75. The number of amidine groups is 1. The van der Waals surface area contributed by atoms with Crippen molar-refractivity contribution in [2.24, 2.45) is 10.2 Å². The number of nitrogens with one attached hydrogen (secondary N) is 1. The number of hydrogen-bond donors (Lipinski definition) is 1. The lowest BCUT2D eigenvalue weighted by Crippen LogP contribution is -2.25. The van der Waals surface area contributed by atoms with Crippen LogP contribution in [0.15, 0.2) is 75.3 Å². The normalized spacial score (nSPS) is 19.2. The highest BCUT2D eigenvalue weighted by Crippen LogP contribution is 2.24. The summed E-state index contributed by atoms with van der Waals surface area (Å²) in [5.74, 6) is -0.0262. The number of hydrogen-bond acceptors (Lipinski definition) is 4. The Morgan fingerprint density at radius 3 is 2.64 bits per heavy atom. The van der Waals surface area contributed by atoms with Crippen molar-refractivity contribution in [1.29, 1.82) is 0 Å². The van der Waals surface area contributed by atoms with Gasteiger partial charge in [-0.3, -0.25) is 4.79 Å². The zero-order valence-corrected chi connectivity index (χ0v) is 15.7. The van der Waals surface area contributed by atoms with Gasteiger partial charge < -0.3 is 5.32 Å². The van der Waals surface area contributed by atoms with E-state index in [1.54, 1.807) is 6.21 Å². The molecule has 126 valence electrons. The Labute approximate surface area is 159 Å². The monoisotopic (exact) mass is 413 g/mol. The third-order valence-electron chi connectivity index (χ3n) is 3.50. The van der Waals surface area contributed by atoms with Crippen molar-refractivity contribution >= 4 is 51.1 Å². The van der Waals surface area contributed by atoms with Gasteiger partial charge in [0.2, 0.25) is 5.91 Å². The van der Waals surface area contributed by atoms with E-state index in [4.69, 9.17) is 0 Å². The predicted molar refractivity (Wildman–Crippen MR) is 109 cm³/mol. The Morgan fingerprint density at radius 2 is 1.88 bits per heavy atom. The average molecular weight is 414 g/mol. The molecule has 1 unspecified atom stereocenters. The molecule has 25 heavy (non-hydrogen) atoms. The van der Waals surface area contributed by atoms with Gasteiger partial charge in [-0.2, -0.15) is 5.10 Å². The number of carbonyl (C=O) groups is 1. The highest BCUT2D eigenvalue weighted by atomic mass is 79.9. The molecule has 1 N–H and O–H groups in total. The van der Waals surface area contributed by atoms with Gasteiger partial charge in [0, 0.05) is 10.7 Å². The fraction of sp³-hybridized carbons (Fsp3) is 0.105. The molecule has 1 heterocycles. The zero-order chi connectivity index (χ0) is 17.5. The van der Waals surface area contributed by atoms with E-state index >= 15 is 0 Å². The summed E-state index contributed by atoms with van der Waals surface area (Å²) >= 11 is 4.82. The molecule has 0 aliphatic carbocycles. The van der Waals surface area contributed by atoms with Crippen LogP contribution < -0.4 is 5.32 Å². The van der Waals surface area contributed by atoms with Gasteiger partial charge in [-0.25, -0.2) is 0 Å². The first kappa shape index (κ1) is 17.6. The van der Waals surface area contributed by atoms with Crippen LogP contribution in [0.5, 0.6) is 0 Å². The van der Waals surface area contributed by atoms with Crippen molar-refractivity contribution in [2.45, 2.75) is 11.7 Å². The van der Waals surface area contributed by atoms with Crippen molar-refractivity contribution in [3.63, 3.8) is 0 Å². The van der Waals surface area contributed by atoms with E-state index in [1.165, 1.54) is 11.8 Å². The molecule has 0 aromatic heterocycles. The van der Waals surface area contributed by atoms with Gasteiger partial charge >= 0.3 is 0 Å². The molecule has 6 heteroatoms. The molecule has 1 aliphatic rings. The highest BCUT2D eigenvalue weighted by Gasteiger charge is 2.30. The van der Waals surface area contributed by atoms with Gasteiger partial charge in [-0.05, 0) is 35.8 Å². The molecule has 0 radical (unpaired) electrons. The van der Waals surface area contributed by atoms with Crippen molar-refractivity contribution in [3.8, 4) is 0 Å². The molecule has 0 spiro atoms. The van der Waals surface area contributed by atoms with E-state index in [0.717, 1.165) is 15.6 Å². The summed E-state index contributed by atoms with van der Waals surface area (Å²) in [4.78, 5) is 12.0. The Kier molecular flexibility index (Phi) is 6.19. The number of carbonyl (C=O) groups excluding carboxylic acids is 1. The molecule has 1 aliphatic heterocycles. The van der Waals surface area contributed by atoms with E-state index in [0.29, 0.717) is 11.6 Å². The Bertz CT molecular complexity index is 816. The van der Waals surface area contributed by atoms with Gasteiger partial charge in [-0.1, -0.05) is 76.2 Å². The summed E-state index contributed by atoms with van der Waals surface area (Å²) in [6.45, 7) is 0. The second-order valence-electron chi connectivity index (χ2n) is 5.37. The van der Waals surface area contributed by atoms with Crippen LogP contribution >= 0.6 is 27.7 Å². The van der Waals surface area contributed by atoms with Gasteiger partial charge in [-0.15, -0.1) is 5.10 Å². The first-order valence-corrected chi connectivity index (χ1v) is 9.43. The molecule has 1 amide bonds. The summed E-state index contributed by atoms with van der Waals surface area (Å²) in [6.07, 6.45) is 6.04. The number of rotatable bonds is 5. The third kappa shape index (κ3) is 5.41. The Balaban J connectivity index is 1.54. The summed E-state index contributed by atoms with van der Waals surface area (Å²) in [5, 5.41) is 11.2. The SMILES string of the molecule is O=C1N/C(=N/N=C/C=C/c2ccccc2)SC1Cc1ccc(Br)cc1. The summed E-state index contributed by atoms with van der Waals surface area (Å²) in [5.41, 5.74) is 2.21. The minimum atomic E-state index is -0.171. The number of amides is 1. The second kappa shape index (κ2) is 8.78. The fourth-order valence-corrected chi connectivity index (χ4v) is 3.49. The van der Waals surface area contributed by atoms with Crippen LogP contribution in [0.2, 0.25) is 0 Å². The standard InChI is InChI=1S/C19H16BrN3OS/c20-16-10-8-15(9-11-16)13-17-18(24)22-19(25-17)23-21-12-4-7-14-5-2-1-3-6-14/h1-12,17H,13H2,(H,22,23,24)/b7-4+,21-12+. The van der Waals surface area contributed by atoms with Crippen LogP contribution in [-0.2, 0) is 11.2 Å². The molecular formula is C19H16BrN3OS. The largest absolute Gasteiger partial charge is 0.303 e. The van der Waals surface area contributed by atoms with Crippen LogP contribution in [0.3, 0.4) is 0 Å². The zero-order valence-electron chi connectivity index (χ0n) is 13.3. The van der Waals surface area contributed by atoms with Gasteiger partial charge in [0.15, 0.2) is 5.17 Å². The molecule has 2 aromatic rings. The van der Waals surface area contributed by atoms with E-state index in [2.05, 4.69) is 31.4 Å². The first-order chi connectivity index (χ1) is 12.2. The number of benzene rings is 2. The molecule has 4 nitrogen and oxygen atoms in total. The molecule has 1 fully saturated rings. The van der Waals surface area contributed by atoms with Crippen LogP contribution in [0.1, 0.15) is 11.1 Å². The second-order valence-corrected chi connectivity index (χ2v) is 7.47. The molecule has 0 bridgehead atoms. The lowest BCUT2D eigenvalue weighted by atomic mass is 10.1. The number of halogens is 1. The van der Waals surface area contributed by atoms with Crippen LogP contribution in [-0.4, -0.2) is 22.5 Å². The minimum absolute atomic E-state index is 0.0262. The number of thioether (sulfide) groups is 1. The van der Waals surface area contributed by atoms with Crippen molar-refractivity contribution in [1.82, 2.24) is 5.32 Å². The molecule has 2 aromatic carbocycles. The highest BCUT2D eigenvalue weighted by molar-refractivity contribution is 9.10. The van der Waals surface area contributed by atoms with E-state index in [9.17, 15) is 4.79 Å². The number of nitrogens with zero attached hydrogens (tertiary/aromatic N) is 2. The lowest BCUT2D eigenvalue weighted by Gasteiger charge is -2.05. The van der Waals surface area contributed by atoms with Gasteiger partial charge in [0.25, 0.3) is 0 Å². The average Bonchev–Trinajstić information content (AvgIpc) is 2.97. The van der Waals surface area contributed by atoms with E-state index in [1.807, 2.05) is 66.7 Å². The van der Waals surface area contributed by atoms with Crippen molar-refractivity contribution in [3.05, 3.63) is 76.3 Å². The maximum Gasteiger partial charge on any atom is 0.239 e. The maximum absolute atomic E-state index is 12.0. The van der Waals surface area contributed by atoms with Gasteiger partial charge in [0.1, 0.15) is 0 Å². The molecular weight excluding hydrogens is 398 g/mol. The lowest BCUT2D eigenvalue weighted by molar-refractivity contribution is -0.118. The van der Waals surface area contributed by atoms with Crippen LogP contribution in [0.25, 0.3) is 6.08 Å². The molecule has 3 rings (SSSR count). The Morgan fingerprint density at radius 1 is 1.12 bits per heavy atom. The molecule has 1 saturated heterocycles. The third-order valence-corrected chi connectivity index (χ3v) is 5.10. The smallest absolute Gasteiger partial charge is 0.239 e. The van der Waals surface area contributed by atoms with Crippen LogP contribution in [0, 0.1) is 0 Å². The summed E-state index contributed by atoms with van der Waals surface area (Å²) < 4.78 is 1.03. The number of allylic oxidation sites excluding steroid dienone is 1. The van der Waals surface area contributed by atoms with Crippen LogP contribution in [0.4, 0.5) is 0 Å². The minimum Gasteiger partial charge on any atom is -0.303 e. The van der Waals surface area contributed by atoms with E-state index in [-0.39, 0.29) is 11.2 Å². The summed E-state index contributed by atoms with van der Waals surface area (Å²) in [6, 6.07) is 17.9. The predicted octanol–water partition coefficient (Wildman–Crippen LogP) is 4.28. The Hall–Kier alpha value is -2.18. The maximum atomic E-state index is 12.0. The van der Waals surface area contributed by atoms with Crippen molar-refractivity contribution in [2.75, 3.05) is 0 Å². The topological polar surface area (TPSA) is 53.8 Å². The van der Waals surface area contributed by atoms with Crippen molar-refractivity contribution < 1.29 is 4.79 Å². The molecule has 1 atom stereocenters. The van der Waals surface area contributed by atoms with E-state index < -0.39 is 0 Å². The summed E-state index contributed by atoms with van der Waals surface area (Å²) in [7, 11) is 0. The van der Waals surface area contributed by atoms with Gasteiger partial charge in [0.05, 0.1) is 5.25 Å².